The van der Waals surface area contributed by atoms with E-state index in [-0.39, 0.29) is 28.3 Å². The van der Waals surface area contributed by atoms with Crippen molar-refractivity contribution in [3.05, 3.63) is 69.8 Å². The fraction of sp³-hybridized carbons (Fsp3) is 0.0625. The highest BCUT2D eigenvalue weighted by atomic mass is 32.2. The van der Waals surface area contributed by atoms with Crippen LogP contribution in [-0.4, -0.2) is 42.8 Å². The molecule has 1 aliphatic heterocycles. The molecule has 10 nitrogen and oxygen atoms in total. The molecule has 0 fully saturated rings. The molecule has 0 bridgehead atoms. The normalized spacial score (nSPS) is 13.9. The van der Waals surface area contributed by atoms with Crippen molar-refractivity contribution < 1.29 is 22.9 Å². The van der Waals surface area contributed by atoms with Gasteiger partial charge in [0.15, 0.2) is 0 Å². The minimum Gasteiger partial charge on any atom is -0.269 e. The van der Waals surface area contributed by atoms with Crippen molar-refractivity contribution in [2.75, 3.05) is 6.54 Å². The van der Waals surface area contributed by atoms with Crippen LogP contribution in [0, 0.1) is 10.1 Å². The van der Waals surface area contributed by atoms with Gasteiger partial charge in [-0.05, 0) is 18.2 Å². The van der Waals surface area contributed by atoms with E-state index >= 15 is 0 Å². The minimum atomic E-state index is -4.13. The number of nitro groups is 1. The maximum absolute atomic E-state index is 12.2. The molecule has 27 heavy (non-hydrogen) atoms. The van der Waals surface area contributed by atoms with Crippen molar-refractivity contribution in [1.29, 1.82) is 0 Å². The van der Waals surface area contributed by atoms with Crippen LogP contribution >= 0.6 is 0 Å². The summed E-state index contributed by atoms with van der Waals surface area (Å²) in [5.74, 6) is -0.993. The van der Waals surface area contributed by atoms with Crippen LogP contribution in [0.25, 0.3) is 0 Å². The van der Waals surface area contributed by atoms with Crippen LogP contribution in [0.2, 0.25) is 0 Å². The highest BCUT2D eigenvalue weighted by molar-refractivity contribution is 7.89. The zero-order valence-corrected chi connectivity index (χ0v) is 14.4. The molecule has 138 valence electrons. The number of benzene rings is 2. The van der Waals surface area contributed by atoms with Gasteiger partial charge < -0.3 is 0 Å². The number of carbonyl (C=O) groups is 2. The maximum atomic E-state index is 12.2. The van der Waals surface area contributed by atoms with Crippen LogP contribution in [0.5, 0.6) is 0 Å². The molecule has 0 saturated carbocycles. The summed E-state index contributed by atoms with van der Waals surface area (Å²) in [4.78, 5) is 36.8. The summed E-state index contributed by atoms with van der Waals surface area (Å²) in [6, 6.07) is 10.8. The van der Waals surface area contributed by atoms with Gasteiger partial charge in [-0.2, -0.15) is 13.5 Å². The Balaban J connectivity index is 1.68. The Morgan fingerprint density at radius 1 is 1.07 bits per heavy atom. The number of nitrogens with one attached hydrogen (secondary N) is 1. The highest BCUT2D eigenvalue weighted by Crippen LogP contribution is 2.21. The number of nitrogens with zero attached hydrogens (tertiary/aromatic N) is 3. The fourth-order valence-electron chi connectivity index (χ4n) is 2.45. The van der Waals surface area contributed by atoms with Crippen LogP contribution in [0.15, 0.2) is 58.5 Å². The number of hydrazone groups is 1. The smallest absolute Gasteiger partial charge is 0.269 e. The summed E-state index contributed by atoms with van der Waals surface area (Å²) >= 11 is 0. The highest BCUT2D eigenvalue weighted by Gasteiger charge is 2.34. The predicted octanol–water partition coefficient (Wildman–Crippen LogP) is 1.16. The summed E-state index contributed by atoms with van der Waals surface area (Å²) in [6.45, 7) is -0.232. The van der Waals surface area contributed by atoms with Gasteiger partial charge in [-0.3, -0.25) is 24.6 Å². The zero-order chi connectivity index (χ0) is 19.6. The molecule has 2 aromatic carbocycles. The van der Waals surface area contributed by atoms with Crippen LogP contribution in [-0.2, 0) is 10.0 Å². The SMILES string of the molecule is O=C1c2ccccc2C(=O)N1CC=NNS(=O)(=O)c1cccc([N+](=O)[O-])c1. The number of nitro benzene ring substituents is 1. The third-order valence-electron chi connectivity index (χ3n) is 3.75. The van der Waals surface area contributed by atoms with E-state index in [1.54, 1.807) is 12.1 Å². The van der Waals surface area contributed by atoms with E-state index in [2.05, 4.69) is 5.10 Å². The van der Waals surface area contributed by atoms with Crippen LogP contribution in [0.4, 0.5) is 5.69 Å². The van der Waals surface area contributed by atoms with Crippen molar-refractivity contribution in [2.24, 2.45) is 5.10 Å². The average molecular weight is 388 g/mol. The summed E-state index contributed by atoms with van der Waals surface area (Å²) in [5, 5.41) is 14.2. The van der Waals surface area contributed by atoms with Gasteiger partial charge in [-0.15, -0.1) is 0 Å². The Morgan fingerprint density at radius 3 is 2.30 bits per heavy atom. The molecule has 0 saturated heterocycles. The Hall–Kier alpha value is -3.60. The third kappa shape index (κ3) is 3.53. The van der Waals surface area contributed by atoms with Gasteiger partial charge in [0.05, 0.1) is 27.5 Å². The number of fused-ring (bicyclic) bond motifs is 1. The number of non-ortho nitro benzene ring substituents is 1. The van der Waals surface area contributed by atoms with Gasteiger partial charge >= 0.3 is 0 Å². The zero-order valence-electron chi connectivity index (χ0n) is 13.6. The first-order valence-corrected chi connectivity index (χ1v) is 9.02. The Morgan fingerprint density at radius 2 is 1.70 bits per heavy atom. The fourth-order valence-corrected chi connectivity index (χ4v) is 3.30. The van der Waals surface area contributed by atoms with E-state index in [4.69, 9.17) is 0 Å². The van der Waals surface area contributed by atoms with Gasteiger partial charge in [0.1, 0.15) is 0 Å². The maximum Gasteiger partial charge on any atom is 0.276 e. The van der Waals surface area contributed by atoms with Crippen LogP contribution < -0.4 is 4.83 Å². The molecule has 2 amide bonds. The number of amides is 2. The van der Waals surface area contributed by atoms with Crippen molar-refractivity contribution >= 4 is 33.7 Å². The van der Waals surface area contributed by atoms with Gasteiger partial charge in [0.2, 0.25) is 0 Å². The lowest BCUT2D eigenvalue weighted by molar-refractivity contribution is -0.385. The number of hydrogen-bond donors (Lipinski definition) is 1. The van der Waals surface area contributed by atoms with E-state index in [0.29, 0.717) is 0 Å². The second-order valence-electron chi connectivity index (χ2n) is 5.43. The Bertz CT molecular complexity index is 1040. The number of hydrogen-bond acceptors (Lipinski definition) is 7. The number of sulfonamides is 1. The molecule has 0 unspecified atom stereocenters. The third-order valence-corrected chi connectivity index (χ3v) is 4.97. The number of imide groups is 1. The average Bonchev–Trinajstić information content (AvgIpc) is 2.90. The van der Waals surface area contributed by atoms with Crippen molar-refractivity contribution in [1.82, 2.24) is 9.73 Å². The standard InChI is InChI=1S/C16H12N4O6S/c21-15-13-6-1-2-7-14(13)16(22)19(15)9-8-17-18-27(25,26)12-5-3-4-11(10-12)20(23)24/h1-8,10,18H,9H2. The summed E-state index contributed by atoms with van der Waals surface area (Å²) in [7, 11) is -4.13. The first-order chi connectivity index (χ1) is 12.8. The first kappa shape index (κ1) is 18.2. The molecule has 3 rings (SSSR count). The van der Waals surface area contributed by atoms with Gasteiger partial charge in [-0.25, -0.2) is 4.83 Å². The number of carbonyl (C=O) groups excluding carboxylic acids is 2. The lowest BCUT2D eigenvalue weighted by Crippen LogP contribution is -2.32. The molecular formula is C16H12N4O6S. The molecule has 0 atom stereocenters. The van der Waals surface area contributed by atoms with Crippen molar-refractivity contribution in [2.45, 2.75) is 4.90 Å². The van der Waals surface area contributed by atoms with E-state index < -0.39 is 26.8 Å². The van der Waals surface area contributed by atoms with E-state index in [1.165, 1.54) is 24.3 Å². The molecule has 11 heteroatoms. The Kier molecular flexibility index (Phi) is 4.69. The van der Waals surface area contributed by atoms with E-state index in [9.17, 15) is 28.1 Å². The molecule has 0 radical (unpaired) electrons. The van der Waals surface area contributed by atoms with Crippen LogP contribution in [0.1, 0.15) is 20.7 Å². The molecule has 1 N–H and O–H groups in total. The summed E-state index contributed by atoms with van der Waals surface area (Å²) < 4.78 is 24.2. The summed E-state index contributed by atoms with van der Waals surface area (Å²) in [6.07, 6.45) is 1.05. The van der Waals surface area contributed by atoms with E-state index in [0.717, 1.165) is 23.2 Å². The molecule has 0 spiro atoms. The van der Waals surface area contributed by atoms with Crippen molar-refractivity contribution in [3.8, 4) is 0 Å². The van der Waals surface area contributed by atoms with Gasteiger partial charge in [0.25, 0.3) is 27.5 Å². The predicted molar refractivity (Wildman–Crippen MR) is 93.7 cm³/mol. The molecular weight excluding hydrogens is 376 g/mol. The quantitative estimate of drug-likeness (QED) is 0.341. The van der Waals surface area contributed by atoms with Gasteiger partial charge in [-0.1, -0.05) is 18.2 Å². The second-order valence-corrected chi connectivity index (χ2v) is 7.09. The van der Waals surface area contributed by atoms with E-state index in [1.807, 2.05) is 4.83 Å². The van der Waals surface area contributed by atoms with Crippen molar-refractivity contribution in [3.63, 3.8) is 0 Å². The first-order valence-electron chi connectivity index (χ1n) is 7.54. The minimum absolute atomic E-state index is 0.232. The Labute approximate surface area is 153 Å². The topological polar surface area (TPSA) is 139 Å². The molecule has 0 aromatic heterocycles. The number of rotatable bonds is 6. The lowest BCUT2D eigenvalue weighted by Gasteiger charge is -2.10. The molecule has 2 aromatic rings. The molecule has 1 heterocycles. The largest absolute Gasteiger partial charge is 0.276 e. The second kappa shape index (κ2) is 6.96. The monoisotopic (exact) mass is 388 g/mol. The van der Waals surface area contributed by atoms with Gasteiger partial charge in [0, 0.05) is 18.3 Å². The van der Waals surface area contributed by atoms with Crippen LogP contribution in [0.3, 0.4) is 0 Å². The summed E-state index contributed by atoms with van der Waals surface area (Å²) in [5.41, 5.74) is 0.161. The lowest BCUT2D eigenvalue weighted by atomic mass is 10.1. The molecule has 1 aliphatic rings. The molecule has 0 aliphatic carbocycles.